The molecular weight excluding hydrogens is 364 g/mol. The van der Waals surface area contributed by atoms with Crippen molar-refractivity contribution in [2.75, 3.05) is 19.7 Å². The number of unbranched alkanes of at least 4 members (excludes halogenated alkanes) is 14. The van der Waals surface area contributed by atoms with Gasteiger partial charge in [0.1, 0.15) is 12.4 Å². The van der Waals surface area contributed by atoms with E-state index in [1.54, 1.807) is 0 Å². The van der Waals surface area contributed by atoms with Gasteiger partial charge in [-0.1, -0.05) is 103 Å². The number of hydrogen-bond donors (Lipinski definition) is 2. The summed E-state index contributed by atoms with van der Waals surface area (Å²) in [5, 5.41) is 18.1. The van der Waals surface area contributed by atoms with E-state index in [0.29, 0.717) is 13.0 Å². The summed E-state index contributed by atoms with van der Waals surface area (Å²) in [6, 6.07) is 0.206. The third-order valence-corrected chi connectivity index (χ3v) is 5.93. The normalized spacial score (nSPS) is 16.4. The number of carbonyl (C=O) groups is 1. The fraction of sp³-hybridized carbons (Fsp3) is 0.917. The summed E-state index contributed by atoms with van der Waals surface area (Å²) in [5.74, 6) is -0.0656. The molecule has 1 rings (SSSR count). The van der Waals surface area contributed by atoms with E-state index >= 15 is 0 Å². The summed E-state index contributed by atoms with van der Waals surface area (Å²) in [4.78, 5) is 17.4. The second-order valence-electron chi connectivity index (χ2n) is 8.69. The van der Waals surface area contributed by atoms with Crippen molar-refractivity contribution in [2.45, 2.75) is 122 Å². The van der Waals surface area contributed by atoms with Crippen molar-refractivity contribution in [1.29, 1.82) is 0 Å². The largest absolute Gasteiger partial charge is 0.480 e. The summed E-state index contributed by atoms with van der Waals surface area (Å²) in [7, 11) is 0. The molecule has 0 amide bonds. The molecule has 0 spiro atoms. The maximum absolute atomic E-state index is 11.0. The van der Waals surface area contributed by atoms with Crippen molar-refractivity contribution in [3.8, 4) is 0 Å². The van der Waals surface area contributed by atoms with Gasteiger partial charge in [-0.3, -0.25) is 9.79 Å². The Kier molecular flexibility index (Phi) is 15.9. The number of carboxylic acids is 1. The number of hydrogen-bond acceptors (Lipinski definition) is 4. The number of aliphatic hydroxyl groups is 1. The lowest BCUT2D eigenvalue weighted by Crippen LogP contribution is -2.34. The van der Waals surface area contributed by atoms with Crippen LogP contribution in [0.2, 0.25) is 0 Å². The number of carboxylic acid groups (broad SMARTS) is 1. The third-order valence-electron chi connectivity index (χ3n) is 5.93. The van der Waals surface area contributed by atoms with Crippen LogP contribution in [0.3, 0.4) is 0 Å². The molecule has 29 heavy (non-hydrogen) atoms. The summed E-state index contributed by atoms with van der Waals surface area (Å²) >= 11 is 0. The molecule has 0 bridgehead atoms. The first-order chi connectivity index (χ1) is 14.2. The molecule has 2 N–H and O–H groups in total. The molecule has 0 saturated heterocycles. The molecule has 0 aliphatic carbocycles. The van der Waals surface area contributed by atoms with Crippen LogP contribution >= 0.6 is 0 Å². The highest BCUT2D eigenvalue weighted by atomic mass is 16.4. The third kappa shape index (κ3) is 13.7. The molecule has 1 atom stereocenters. The zero-order valence-corrected chi connectivity index (χ0v) is 18.9. The maximum atomic E-state index is 11.0. The zero-order valence-electron chi connectivity index (χ0n) is 18.9. The van der Waals surface area contributed by atoms with Gasteiger partial charge >= 0.3 is 5.97 Å². The fourth-order valence-corrected chi connectivity index (χ4v) is 4.24. The minimum atomic E-state index is -0.830. The van der Waals surface area contributed by atoms with Crippen LogP contribution in [-0.2, 0) is 4.79 Å². The molecule has 0 aromatic rings. The highest BCUT2D eigenvalue weighted by molar-refractivity contribution is 5.87. The summed E-state index contributed by atoms with van der Waals surface area (Å²) in [6.45, 7) is 2.99. The number of aliphatic hydroxyl groups excluding tert-OH is 1. The van der Waals surface area contributed by atoms with E-state index in [2.05, 4.69) is 11.9 Å². The van der Waals surface area contributed by atoms with Gasteiger partial charge in [0.2, 0.25) is 0 Å². The Morgan fingerprint density at radius 3 is 1.83 bits per heavy atom. The smallest absolute Gasteiger partial charge is 0.323 e. The Hall–Kier alpha value is -1.10. The van der Waals surface area contributed by atoms with Crippen LogP contribution < -0.4 is 0 Å². The molecule has 0 radical (unpaired) electrons. The highest BCUT2D eigenvalue weighted by Crippen LogP contribution is 2.18. The van der Waals surface area contributed by atoms with Crippen LogP contribution in [0.15, 0.2) is 4.99 Å². The van der Waals surface area contributed by atoms with Crippen LogP contribution in [0, 0.1) is 0 Å². The monoisotopic (exact) mass is 410 g/mol. The fourth-order valence-electron chi connectivity index (χ4n) is 4.24. The minimum Gasteiger partial charge on any atom is -0.480 e. The molecule has 5 heteroatoms. The van der Waals surface area contributed by atoms with Gasteiger partial charge in [0.15, 0.2) is 0 Å². The van der Waals surface area contributed by atoms with Crippen molar-refractivity contribution in [2.24, 2.45) is 4.99 Å². The molecular formula is C24H46N2O3. The van der Waals surface area contributed by atoms with Crippen molar-refractivity contribution >= 4 is 11.8 Å². The lowest BCUT2D eigenvalue weighted by atomic mass is 10.0. The Morgan fingerprint density at radius 1 is 0.897 bits per heavy atom. The van der Waals surface area contributed by atoms with E-state index in [1.165, 1.54) is 96.3 Å². The van der Waals surface area contributed by atoms with Crippen LogP contribution in [0.4, 0.5) is 0 Å². The summed E-state index contributed by atoms with van der Waals surface area (Å²) in [5.41, 5.74) is 0. The molecule has 0 saturated carbocycles. The second-order valence-corrected chi connectivity index (χ2v) is 8.69. The van der Waals surface area contributed by atoms with Crippen molar-refractivity contribution in [3.05, 3.63) is 0 Å². The van der Waals surface area contributed by atoms with Crippen LogP contribution in [-0.4, -0.2) is 52.7 Å². The summed E-state index contributed by atoms with van der Waals surface area (Å²) in [6.07, 6.45) is 22.0. The highest BCUT2D eigenvalue weighted by Gasteiger charge is 2.25. The van der Waals surface area contributed by atoms with E-state index in [0.717, 1.165) is 12.3 Å². The molecule has 0 fully saturated rings. The SMILES string of the molecule is CCCCCCCCCCCCCCCCCC1CN(CC(=O)O)C(CCO)=N1. The van der Waals surface area contributed by atoms with Gasteiger partial charge in [-0.05, 0) is 6.42 Å². The molecule has 170 valence electrons. The Balaban J connectivity index is 1.91. The maximum Gasteiger partial charge on any atom is 0.323 e. The Morgan fingerprint density at radius 2 is 1.38 bits per heavy atom. The zero-order chi connectivity index (χ0) is 21.2. The van der Waals surface area contributed by atoms with Gasteiger partial charge in [-0.25, -0.2) is 0 Å². The number of aliphatic imine (C=N–C) groups is 1. The van der Waals surface area contributed by atoms with Crippen LogP contribution in [0.25, 0.3) is 0 Å². The standard InChI is InChI=1S/C24H46N2O3/c1-2-3-4-5-6-7-8-9-10-11-12-13-14-15-16-17-22-20-26(21-24(28)29)23(25-22)18-19-27/h22,27H,2-21H2,1H3,(H,28,29). The van der Waals surface area contributed by atoms with Crippen molar-refractivity contribution in [3.63, 3.8) is 0 Å². The van der Waals surface area contributed by atoms with Crippen molar-refractivity contribution < 1.29 is 15.0 Å². The lowest BCUT2D eigenvalue weighted by Gasteiger charge is -2.18. The van der Waals surface area contributed by atoms with Gasteiger partial charge in [-0.2, -0.15) is 0 Å². The van der Waals surface area contributed by atoms with E-state index in [1.807, 2.05) is 4.90 Å². The number of amidine groups is 1. The predicted molar refractivity (Wildman–Crippen MR) is 122 cm³/mol. The number of aliphatic carboxylic acids is 1. The minimum absolute atomic E-state index is 0.00576. The van der Waals surface area contributed by atoms with Crippen LogP contribution in [0.5, 0.6) is 0 Å². The molecule has 1 aliphatic rings. The number of nitrogens with zero attached hydrogens (tertiary/aromatic N) is 2. The first-order valence-corrected chi connectivity index (χ1v) is 12.3. The lowest BCUT2D eigenvalue weighted by molar-refractivity contribution is -0.137. The topological polar surface area (TPSA) is 73.1 Å². The molecule has 1 unspecified atom stereocenters. The van der Waals surface area contributed by atoms with Gasteiger partial charge in [0.05, 0.1) is 12.6 Å². The van der Waals surface area contributed by atoms with E-state index < -0.39 is 5.97 Å². The van der Waals surface area contributed by atoms with E-state index in [4.69, 9.17) is 10.2 Å². The van der Waals surface area contributed by atoms with Gasteiger partial charge < -0.3 is 15.1 Å². The molecule has 0 aromatic carbocycles. The quantitative estimate of drug-likeness (QED) is 0.249. The Labute approximate surface area is 179 Å². The van der Waals surface area contributed by atoms with Crippen molar-refractivity contribution in [1.82, 2.24) is 4.90 Å². The molecule has 0 aromatic heterocycles. The predicted octanol–water partition coefficient (Wildman–Crippen LogP) is 5.80. The van der Waals surface area contributed by atoms with Gasteiger partial charge in [0, 0.05) is 13.0 Å². The van der Waals surface area contributed by atoms with Gasteiger partial charge in [0.25, 0.3) is 0 Å². The average Bonchev–Trinajstić information content (AvgIpc) is 3.06. The van der Waals surface area contributed by atoms with Crippen LogP contribution in [0.1, 0.15) is 116 Å². The van der Waals surface area contributed by atoms with Gasteiger partial charge in [-0.15, -0.1) is 0 Å². The number of rotatable bonds is 20. The first kappa shape index (κ1) is 25.9. The first-order valence-electron chi connectivity index (χ1n) is 12.3. The molecule has 1 aliphatic heterocycles. The summed E-state index contributed by atoms with van der Waals surface area (Å²) < 4.78 is 0. The average molecular weight is 411 g/mol. The Bertz CT molecular complexity index is 440. The van der Waals surface area contributed by atoms with E-state index in [-0.39, 0.29) is 19.2 Å². The molecule has 5 nitrogen and oxygen atoms in total. The van der Waals surface area contributed by atoms with E-state index in [9.17, 15) is 4.79 Å². The molecule has 1 heterocycles. The second kappa shape index (κ2) is 17.7.